The van der Waals surface area contributed by atoms with Gasteiger partial charge in [-0.2, -0.15) is 13.2 Å². The number of rotatable bonds is 4. The maximum absolute atomic E-state index is 12.6. The molecule has 1 aliphatic rings. The summed E-state index contributed by atoms with van der Waals surface area (Å²) in [4.78, 5) is 12.3. The van der Waals surface area contributed by atoms with Crippen molar-refractivity contribution in [3.8, 4) is 0 Å². The zero-order valence-corrected chi connectivity index (χ0v) is 13.6. The van der Waals surface area contributed by atoms with E-state index in [9.17, 15) is 18.0 Å². The lowest BCUT2D eigenvalue weighted by Crippen LogP contribution is -2.26. The van der Waals surface area contributed by atoms with Crippen LogP contribution in [-0.4, -0.2) is 20.5 Å². The second-order valence-corrected chi connectivity index (χ2v) is 6.33. The van der Waals surface area contributed by atoms with Crippen LogP contribution in [0, 0.1) is 5.92 Å². The summed E-state index contributed by atoms with van der Waals surface area (Å²) in [6.45, 7) is 0.250. The maximum atomic E-state index is 12.6. The number of halogens is 3. The Kier molecular flexibility index (Phi) is 3.90. The van der Waals surface area contributed by atoms with E-state index >= 15 is 0 Å². The average Bonchev–Trinajstić information content (AvgIpc) is 3.33. The van der Waals surface area contributed by atoms with Crippen molar-refractivity contribution in [2.75, 3.05) is 0 Å². The van der Waals surface area contributed by atoms with Crippen molar-refractivity contribution in [1.82, 2.24) is 19.9 Å². The van der Waals surface area contributed by atoms with Crippen LogP contribution in [0.4, 0.5) is 13.2 Å². The minimum atomic E-state index is -4.35. The Balaban J connectivity index is 1.37. The summed E-state index contributed by atoms with van der Waals surface area (Å²) < 4.78 is 39.6. The molecule has 1 amide bonds. The predicted octanol–water partition coefficient (Wildman–Crippen LogP) is 3.17. The summed E-state index contributed by atoms with van der Waals surface area (Å²) in [5.41, 5.74) is 0.776. The first-order chi connectivity index (χ1) is 12.4. The molecule has 1 aliphatic carbocycles. The van der Waals surface area contributed by atoms with Crippen molar-refractivity contribution in [1.29, 1.82) is 0 Å². The van der Waals surface area contributed by atoms with E-state index in [4.69, 9.17) is 0 Å². The average molecular weight is 360 g/mol. The molecule has 2 aromatic heterocycles. The molecule has 0 aliphatic heterocycles. The van der Waals surface area contributed by atoms with Gasteiger partial charge in [0.05, 0.1) is 12.1 Å². The third-order valence-corrected chi connectivity index (χ3v) is 4.60. The number of nitrogens with one attached hydrogen (secondary N) is 1. The van der Waals surface area contributed by atoms with Crippen LogP contribution in [0.3, 0.4) is 0 Å². The first-order valence-corrected chi connectivity index (χ1v) is 8.17. The molecule has 2 unspecified atom stereocenters. The first kappa shape index (κ1) is 16.6. The van der Waals surface area contributed by atoms with E-state index < -0.39 is 11.7 Å². The van der Waals surface area contributed by atoms with Crippen LogP contribution in [-0.2, 0) is 17.5 Å². The molecule has 5 nitrogen and oxygen atoms in total. The number of benzene rings is 1. The molecular weight excluding hydrogens is 345 g/mol. The number of aromatic nitrogens is 3. The van der Waals surface area contributed by atoms with Crippen LogP contribution >= 0.6 is 0 Å². The summed E-state index contributed by atoms with van der Waals surface area (Å²) in [6, 6.07) is 10.5. The molecule has 0 radical (unpaired) electrons. The van der Waals surface area contributed by atoms with Crippen LogP contribution < -0.4 is 5.32 Å². The fourth-order valence-electron chi connectivity index (χ4n) is 3.08. The normalized spacial score (nSPS) is 19.5. The smallest absolute Gasteiger partial charge is 0.349 e. The highest BCUT2D eigenvalue weighted by molar-refractivity contribution is 5.82. The number of hydrogen-bond donors (Lipinski definition) is 1. The Morgan fingerprint density at radius 1 is 1.15 bits per heavy atom. The molecule has 1 fully saturated rings. The monoisotopic (exact) mass is 360 g/mol. The van der Waals surface area contributed by atoms with E-state index in [0.29, 0.717) is 17.9 Å². The van der Waals surface area contributed by atoms with Crippen molar-refractivity contribution in [2.24, 2.45) is 5.92 Å². The Morgan fingerprint density at radius 2 is 1.92 bits per heavy atom. The Bertz CT molecular complexity index is 949. The molecule has 2 heterocycles. The standard InChI is InChI=1S/C18H15F3N4O/c19-18(20,21)12-6-4-11(5-7-12)13-9-14(13)17(26)22-10-16-24-23-15-3-1-2-8-25(15)16/h1-8,13-14H,9-10H2,(H,22,26). The minimum Gasteiger partial charge on any atom is -0.349 e. The second-order valence-electron chi connectivity index (χ2n) is 6.33. The number of alkyl halides is 3. The highest BCUT2D eigenvalue weighted by Crippen LogP contribution is 2.48. The van der Waals surface area contributed by atoms with E-state index in [1.807, 2.05) is 24.4 Å². The fraction of sp³-hybridized carbons (Fsp3) is 0.278. The number of amides is 1. The molecule has 134 valence electrons. The van der Waals surface area contributed by atoms with Gasteiger partial charge in [-0.15, -0.1) is 10.2 Å². The third-order valence-electron chi connectivity index (χ3n) is 4.60. The number of carbonyl (C=O) groups excluding carboxylic acids is 1. The molecule has 1 aromatic carbocycles. The van der Waals surface area contributed by atoms with Gasteiger partial charge in [0, 0.05) is 12.1 Å². The highest BCUT2D eigenvalue weighted by atomic mass is 19.4. The molecule has 0 bridgehead atoms. The van der Waals surface area contributed by atoms with Crippen molar-refractivity contribution in [3.63, 3.8) is 0 Å². The molecule has 8 heteroatoms. The molecule has 1 saturated carbocycles. The van der Waals surface area contributed by atoms with Crippen LogP contribution in [0.15, 0.2) is 48.7 Å². The number of nitrogens with zero attached hydrogens (tertiary/aromatic N) is 3. The van der Waals surface area contributed by atoms with E-state index in [2.05, 4.69) is 15.5 Å². The van der Waals surface area contributed by atoms with Crippen molar-refractivity contribution >= 4 is 11.6 Å². The second kappa shape index (κ2) is 6.12. The summed E-state index contributed by atoms with van der Waals surface area (Å²) in [5, 5.41) is 10.9. The quantitative estimate of drug-likeness (QED) is 0.778. The largest absolute Gasteiger partial charge is 0.416 e. The summed E-state index contributed by atoms with van der Waals surface area (Å²) >= 11 is 0. The summed E-state index contributed by atoms with van der Waals surface area (Å²) in [5.74, 6) is 0.251. The molecule has 3 aromatic rings. The molecule has 26 heavy (non-hydrogen) atoms. The molecule has 0 saturated heterocycles. The number of hydrogen-bond acceptors (Lipinski definition) is 3. The molecule has 4 rings (SSSR count). The van der Waals surface area contributed by atoms with Crippen LogP contribution in [0.5, 0.6) is 0 Å². The summed E-state index contributed by atoms with van der Waals surface area (Å²) in [6.07, 6.45) is -1.89. The van der Waals surface area contributed by atoms with Crippen LogP contribution in [0.25, 0.3) is 5.65 Å². The van der Waals surface area contributed by atoms with Crippen molar-refractivity contribution in [3.05, 3.63) is 65.6 Å². The van der Waals surface area contributed by atoms with Crippen LogP contribution in [0.1, 0.15) is 29.3 Å². The van der Waals surface area contributed by atoms with Gasteiger partial charge in [-0.1, -0.05) is 18.2 Å². The van der Waals surface area contributed by atoms with Gasteiger partial charge in [0.1, 0.15) is 0 Å². The van der Waals surface area contributed by atoms with E-state index in [-0.39, 0.29) is 24.3 Å². The SMILES string of the molecule is O=C(NCc1nnc2ccccn12)C1CC1c1ccc(C(F)(F)F)cc1. The topological polar surface area (TPSA) is 59.3 Å². The maximum Gasteiger partial charge on any atom is 0.416 e. The van der Waals surface area contributed by atoms with E-state index in [0.717, 1.165) is 17.7 Å². The van der Waals surface area contributed by atoms with Crippen LogP contribution in [0.2, 0.25) is 0 Å². The predicted molar refractivity (Wildman–Crippen MR) is 87.1 cm³/mol. The van der Waals surface area contributed by atoms with E-state index in [1.54, 1.807) is 4.40 Å². The molecule has 2 atom stereocenters. The molecule has 1 N–H and O–H groups in total. The number of fused-ring (bicyclic) bond motifs is 1. The molecule has 0 spiro atoms. The van der Waals surface area contributed by atoms with Gasteiger partial charge >= 0.3 is 6.18 Å². The lowest BCUT2D eigenvalue weighted by Gasteiger charge is -2.07. The minimum absolute atomic E-state index is 0.0348. The Hall–Kier alpha value is -2.90. The van der Waals surface area contributed by atoms with Gasteiger partial charge in [0.25, 0.3) is 0 Å². The van der Waals surface area contributed by atoms with Crippen molar-refractivity contribution < 1.29 is 18.0 Å². The van der Waals surface area contributed by atoms with Gasteiger partial charge in [-0.25, -0.2) is 0 Å². The Morgan fingerprint density at radius 3 is 2.65 bits per heavy atom. The van der Waals surface area contributed by atoms with Gasteiger partial charge in [-0.05, 0) is 42.2 Å². The Labute approximate surface area is 146 Å². The number of pyridine rings is 1. The first-order valence-electron chi connectivity index (χ1n) is 8.17. The van der Waals surface area contributed by atoms with E-state index in [1.165, 1.54) is 12.1 Å². The van der Waals surface area contributed by atoms with Gasteiger partial charge in [0.15, 0.2) is 11.5 Å². The molecular formula is C18H15F3N4O. The van der Waals surface area contributed by atoms with Gasteiger partial charge in [-0.3, -0.25) is 9.20 Å². The lowest BCUT2D eigenvalue weighted by atomic mass is 10.1. The third kappa shape index (κ3) is 3.14. The zero-order chi connectivity index (χ0) is 18.3. The lowest BCUT2D eigenvalue weighted by molar-refractivity contribution is -0.137. The number of carbonyl (C=O) groups is 1. The van der Waals surface area contributed by atoms with Crippen molar-refractivity contribution in [2.45, 2.75) is 25.1 Å². The van der Waals surface area contributed by atoms with Gasteiger partial charge < -0.3 is 5.32 Å². The summed E-state index contributed by atoms with van der Waals surface area (Å²) in [7, 11) is 0. The highest BCUT2D eigenvalue weighted by Gasteiger charge is 2.44. The fourth-order valence-corrected chi connectivity index (χ4v) is 3.08. The van der Waals surface area contributed by atoms with Gasteiger partial charge in [0.2, 0.25) is 5.91 Å². The zero-order valence-electron chi connectivity index (χ0n) is 13.6.